The van der Waals surface area contributed by atoms with E-state index in [1.54, 1.807) is 0 Å². The van der Waals surface area contributed by atoms with Crippen LogP contribution in [0.5, 0.6) is 11.5 Å². The van der Waals surface area contributed by atoms with Gasteiger partial charge in [0.2, 0.25) is 0 Å². The van der Waals surface area contributed by atoms with E-state index in [0.717, 1.165) is 86.5 Å². The molecule has 2 N–H and O–H groups in total. The number of hydrogen-bond donors (Lipinski definition) is 2. The fourth-order valence-electron chi connectivity index (χ4n) is 3.99. The van der Waals surface area contributed by atoms with Gasteiger partial charge < -0.3 is 29.5 Å². The zero-order valence-corrected chi connectivity index (χ0v) is 20.2. The number of rotatable bonds is 2. The molecule has 8 heteroatoms. The zero-order chi connectivity index (χ0) is 23.4. The lowest BCUT2D eigenvalue weighted by molar-refractivity contribution is 0.122. The number of aryl methyl sites for hydroxylation is 2. The first kappa shape index (κ1) is 24.1. The molecule has 4 rings (SSSR count). The van der Waals surface area contributed by atoms with Crippen molar-refractivity contribution in [1.82, 2.24) is 9.97 Å². The molecule has 0 aliphatic carbocycles. The SMILES string of the molecule is Cc1nc(N2CCOCC2)c(C)c(C)c1O.Cc1nc(N2CCOCC2)c(C)c(C)c1O. The Morgan fingerprint density at radius 1 is 0.562 bits per heavy atom. The Labute approximate surface area is 190 Å². The van der Waals surface area contributed by atoms with E-state index in [1.165, 1.54) is 0 Å². The van der Waals surface area contributed by atoms with Crippen LogP contribution in [0.2, 0.25) is 0 Å². The van der Waals surface area contributed by atoms with E-state index in [9.17, 15) is 10.2 Å². The third-order valence-corrected chi connectivity index (χ3v) is 6.36. The minimum Gasteiger partial charge on any atom is -0.506 e. The van der Waals surface area contributed by atoms with Gasteiger partial charge in [-0.05, 0) is 63.8 Å². The van der Waals surface area contributed by atoms with Gasteiger partial charge in [0.15, 0.2) is 0 Å². The van der Waals surface area contributed by atoms with E-state index >= 15 is 0 Å². The van der Waals surface area contributed by atoms with Crippen molar-refractivity contribution in [3.8, 4) is 11.5 Å². The summed E-state index contributed by atoms with van der Waals surface area (Å²) in [5.74, 6) is 2.59. The molecular weight excluding hydrogens is 408 g/mol. The first-order chi connectivity index (χ1) is 15.2. The Bertz CT molecular complexity index is 874. The maximum absolute atomic E-state index is 9.80. The van der Waals surface area contributed by atoms with Crippen molar-refractivity contribution in [3.63, 3.8) is 0 Å². The second kappa shape index (κ2) is 10.4. The molecule has 8 nitrogen and oxygen atoms in total. The van der Waals surface area contributed by atoms with E-state index in [-0.39, 0.29) is 0 Å². The van der Waals surface area contributed by atoms with E-state index in [0.29, 0.717) is 22.9 Å². The summed E-state index contributed by atoms with van der Waals surface area (Å²) in [5.41, 5.74) is 5.37. The minimum atomic E-state index is 0.314. The van der Waals surface area contributed by atoms with Crippen LogP contribution >= 0.6 is 0 Å². The molecule has 2 saturated heterocycles. The standard InChI is InChI=1S/2C12H18N2O2/c2*1-8-9(2)12(13-10(3)11(8)15)14-4-6-16-7-5-14/h2*15H,4-7H2,1-3H3. The lowest BCUT2D eigenvalue weighted by Crippen LogP contribution is -2.37. The predicted molar refractivity (Wildman–Crippen MR) is 126 cm³/mol. The number of nitrogens with zero attached hydrogens (tertiary/aromatic N) is 4. The number of ether oxygens (including phenoxy) is 2. The Hall–Kier alpha value is -2.58. The fourth-order valence-corrected chi connectivity index (χ4v) is 3.99. The molecule has 0 amide bonds. The predicted octanol–water partition coefficient (Wildman–Crippen LogP) is 3.10. The van der Waals surface area contributed by atoms with Gasteiger partial charge in [-0.15, -0.1) is 0 Å². The first-order valence-corrected chi connectivity index (χ1v) is 11.2. The van der Waals surface area contributed by atoms with Gasteiger partial charge >= 0.3 is 0 Å². The summed E-state index contributed by atoms with van der Waals surface area (Å²) in [5, 5.41) is 19.6. The van der Waals surface area contributed by atoms with Crippen LogP contribution in [0.1, 0.15) is 33.6 Å². The Balaban J connectivity index is 0.000000181. The summed E-state index contributed by atoms with van der Waals surface area (Å²) in [6.07, 6.45) is 0. The van der Waals surface area contributed by atoms with Crippen LogP contribution in [-0.4, -0.2) is 72.8 Å². The van der Waals surface area contributed by atoms with E-state index in [2.05, 4.69) is 19.8 Å². The van der Waals surface area contributed by atoms with E-state index in [4.69, 9.17) is 9.47 Å². The molecule has 4 heterocycles. The third-order valence-electron chi connectivity index (χ3n) is 6.36. The van der Waals surface area contributed by atoms with Gasteiger partial charge in [-0.1, -0.05) is 0 Å². The molecule has 0 radical (unpaired) electrons. The summed E-state index contributed by atoms with van der Waals surface area (Å²) in [6, 6.07) is 0. The highest BCUT2D eigenvalue weighted by molar-refractivity contribution is 5.57. The normalized spacial score (nSPS) is 16.6. The number of hydrogen-bond acceptors (Lipinski definition) is 8. The lowest BCUT2D eigenvalue weighted by atomic mass is 10.1. The molecule has 0 aromatic carbocycles. The first-order valence-electron chi connectivity index (χ1n) is 11.2. The second-order valence-electron chi connectivity index (χ2n) is 8.44. The summed E-state index contributed by atoms with van der Waals surface area (Å²) in [4.78, 5) is 13.4. The van der Waals surface area contributed by atoms with Crippen LogP contribution in [0.4, 0.5) is 11.6 Å². The van der Waals surface area contributed by atoms with Crippen LogP contribution in [0.3, 0.4) is 0 Å². The fraction of sp³-hybridized carbons (Fsp3) is 0.583. The smallest absolute Gasteiger partial charge is 0.140 e. The number of pyridine rings is 2. The van der Waals surface area contributed by atoms with Crippen molar-refractivity contribution < 1.29 is 19.7 Å². The van der Waals surface area contributed by atoms with Gasteiger partial charge in [0.25, 0.3) is 0 Å². The maximum atomic E-state index is 9.80. The molecule has 0 atom stereocenters. The van der Waals surface area contributed by atoms with Gasteiger partial charge in [-0.25, -0.2) is 9.97 Å². The Morgan fingerprint density at radius 2 is 0.875 bits per heavy atom. The molecule has 0 spiro atoms. The van der Waals surface area contributed by atoms with Gasteiger partial charge in [-0.2, -0.15) is 0 Å². The van der Waals surface area contributed by atoms with Gasteiger partial charge in [-0.3, -0.25) is 0 Å². The van der Waals surface area contributed by atoms with Crippen molar-refractivity contribution in [3.05, 3.63) is 33.6 Å². The monoisotopic (exact) mass is 444 g/mol. The van der Waals surface area contributed by atoms with Crippen molar-refractivity contribution in [2.24, 2.45) is 0 Å². The quantitative estimate of drug-likeness (QED) is 0.730. The van der Waals surface area contributed by atoms with Crippen LogP contribution in [0, 0.1) is 41.5 Å². The average molecular weight is 445 g/mol. The van der Waals surface area contributed by atoms with Crippen molar-refractivity contribution in [2.75, 3.05) is 62.4 Å². The number of aromatic nitrogens is 2. The van der Waals surface area contributed by atoms with Crippen molar-refractivity contribution >= 4 is 11.6 Å². The van der Waals surface area contributed by atoms with Crippen LogP contribution < -0.4 is 9.80 Å². The molecule has 2 aromatic rings. The molecule has 2 aliphatic rings. The van der Waals surface area contributed by atoms with Gasteiger partial charge in [0.05, 0.1) is 37.8 Å². The Kier molecular flexibility index (Phi) is 7.79. The molecule has 0 unspecified atom stereocenters. The van der Waals surface area contributed by atoms with Crippen molar-refractivity contribution in [1.29, 1.82) is 0 Å². The summed E-state index contributed by atoms with van der Waals surface area (Å²) in [7, 11) is 0. The van der Waals surface area contributed by atoms with E-state index in [1.807, 2.05) is 41.5 Å². The molecule has 2 aromatic heterocycles. The lowest BCUT2D eigenvalue weighted by Gasteiger charge is -2.30. The molecule has 0 bridgehead atoms. The third kappa shape index (κ3) is 5.07. The molecule has 176 valence electrons. The average Bonchev–Trinajstić information content (AvgIpc) is 2.82. The molecular formula is C24H36N4O4. The largest absolute Gasteiger partial charge is 0.506 e. The summed E-state index contributed by atoms with van der Waals surface area (Å²) < 4.78 is 10.7. The maximum Gasteiger partial charge on any atom is 0.140 e. The molecule has 2 aliphatic heterocycles. The highest BCUT2D eigenvalue weighted by atomic mass is 16.5. The molecule has 32 heavy (non-hydrogen) atoms. The minimum absolute atomic E-state index is 0.314. The van der Waals surface area contributed by atoms with Crippen molar-refractivity contribution in [2.45, 2.75) is 41.5 Å². The number of anilines is 2. The highest BCUT2D eigenvalue weighted by Gasteiger charge is 2.19. The zero-order valence-electron chi connectivity index (χ0n) is 20.2. The van der Waals surface area contributed by atoms with Gasteiger partial charge in [0, 0.05) is 26.2 Å². The summed E-state index contributed by atoms with van der Waals surface area (Å²) in [6.45, 7) is 18.0. The van der Waals surface area contributed by atoms with E-state index < -0.39 is 0 Å². The number of aromatic hydroxyl groups is 2. The Morgan fingerprint density at radius 3 is 1.19 bits per heavy atom. The molecule has 2 fully saturated rings. The van der Waals surface area contributed by atoms with Crippen LogP contribution in [0.25, 0.3) is 0 Å². The topological polar surface area (TPSA) is 91.2 Å². The highest BCUT2D eigenvalue weighted by Crippen LogP contribution is 2.31. The van der Waals surface area contributed by atoms with Crippen LogP contribution in [0.15, 0.2) is 0 Å². The summed E-state index contributed by atoms with van der Waals surface area (Å²) >= 11 is 0. The van der Waals surface area contributed by atoms with Crippen LogP contribution in [-0.2, 0) is 9.47 Å². The number of morpholine rings is 2. The second-order valence-corrected chi connectivity index (χ2v) is 8.44. The molecule has 0 saturated carbocycles. The van der Waals surface area contributed by atoms with Gasteiger partial charge in [0.1, 0.15) is 23.1 Å².